The summed E-state index contributed by atoms with van der Waals surface area (Å²) in [5.41, 5.74) is 2.48. The quantitative estimate of drug-likeness (QED) is 0.148. The van der Waals surface area contributed by atoms with E-state index in [1.54, 1.807) is 12.1 Å². The number of carbonyl (C=O) groups is 2. The second-order valence-electron chi connectivity index (χ2n) is 13.8. The van der Waals surface area contributed by atoms with Gasteiger partial charge in [-0.15, -0.1) is 0 Å². The molecule has 3 aromatic carbocycles. The van der Waals surface area contributed by atoms with E-state index in [0.29, 0.717) is 73.4 Å². The minimum Gasteiger partial charge on any atom is -0.506 e. The summed E-state index contributed by atoms with van der Waals surface area (Å²) in [6, 6.07) is 23.7. The molecule has 10 heteroatoms. The van der Waals surface area contributed by atoms with Gasteiger partial charge in [0, 0.05) is 43.2 Å². The number of aromatic amines is 1. The SMILES string of the molecule is O=C(c1ccc(CCNC[C@H](O)c2ccc(O)c3[nH]c(=O)ccc23)cc1)N1CCC(C(=O)OC2CN3CCC2CC3)(c2ccccc2)CC1. The highest BCUT2D eigenvalue weighted by molar-refractivity contribution is 5.94. The number of esters is 1. The molecule has 0 aliphatic carbocycles. The molecule has 49 heavy (non-hydrogen) atoms. The number of benzene rings is 3. The fourth-order valence-electron chi connectivity index (χ4n) is 7.88. The molecule has 1 amide bonds. The summed E-state index contributed by atoms with van der Waals surface area (Å²) in [7, 11) is 0. The van der Waals surface area contributed by atoms with E-state index in [1.165, 1.54) is 12.1 Å². The van der Waals surface area contributed by atoms with E-state index in [1.807, 2.05) is 59.5 Å². The fourth-order valence-corrected chi connectivity index (χ4v) is 7.88. The molecule has 0 radical (unpaired) electrons. The summed E-state index contributed by atoms with van der Waals surface area (Å²) in [6.45, 7) is 4.86. The topological polar surface area (TPSA) is 135 Å². The Kier molecular flexibility index (Phi) is 9.53. The number of hydrogen-bond acceptors (Lipinski definition) is 8. The van der Waals surface area contributed by atoms with Gasteiger partial charge < -0.3 is 30.2 Å². The summed E-state index contributed by atoms with van der Waals surface area (Å²) in [5.74, 6) is 0.207. The van der Waals surface area contributed by atoms with Crippen LogP contribution in [0.15, 0.2) is 83.7 Å². The van der Waals surface area contributed by atoms with Crippen LogP contribution in [-0.2, 0) is 21.4 Å². The fraction of sp³-hybridized carbons (Fsp3) is 0.410. The third-order valence-electron chi connectivity index (χ3n) is 10.9. The Morgan fingerprint density at radius 3 is 2.37 bits per heavy atom. The van der Waals surface area contributed by atoms with E-state index < -0.39 is 11.5 Å². The molecular formula is C39H44N4O6. The first-order chi connectivity index (χ1) is 23.8. The number of piperidine rings is 4. The zero-order valence-corrected chi connectivity index (χ0v) is 27.6. The van der Waals surface area contributed by atoms with Crippen molar-refractivity contribution in [3.63, 3.8) is 0 Å². The predicted octanol–water partition coefficient (Wildman–Crippen LogP) is 3.91. The zero-order valence-electron chi connectivity index (χ0n) is 27.6. The van der Waals surface area contributed by atoms with Crippen LogP contribution in [0.25, 0.3) is 10.9 Å². The molecule has 1 unspecified atom stereocenters. The molecule has 5 heterocycles. The van der Waals surface area contributed by atoms with Crippen molar-refractivity contribution in [3.05, 3.63) is 111 Å². The van der Waals surface area contributed by atoms with Crippen molar-refractivity contribution in [1.82, 2.24) is 20.1 Å². The Hall–Kier alpha value is -4.51. The Bertz CT molecular complexity index is 1840. The van der Waals surface area contributed by atoms with Crippen molar-refractivity contribution in [2.75, 3.05) is 45.8 Å². The molecule has 8 rings (SSSR count). The number of phenolic OH excluding ortho intramolecular Hbond substituents is 1. The Labute approximate surface area is 285 Å². The molecule has 1 aromatic heterocycles. The standard InChI is InChI=1S/C39H44N4O6/c44-32-12-10-30(31-11-13-35(46)41-36(31)32)33(45)24-40-19-14-26-6-8-28(9-7-26)37(47)43-22-17-39(18-23-43,29-4-2-1-3-5-29)38(48)49-34-25-42-20-15-27(34)16-21-42/h1-13,27,33-34,40,44-45H,14-25H2,(H,41,46)/t33-,34?/m0/s1. The van der Waals surface area contributed by atoms with Crippen molar-refractivity contribution < 1.29 is 24.5 Å². The number of hydrogen-bond donors (Lipinski definition) is 4. The van der Waals surface area contributed by atoms with Gasteiger partial charge in [0.05, 0.1) is 17.0 Å². The van der Waals surface area contributed by atoms with E-state index in [-0.39, 0.29) is 29.3 Å². The first-order valence-corrected chi connectivity index (χ1v) is 17.4. The largest absolute Gasteiger partial charge is 0.506 e. The van der Waals surface area contributed by atoms with Crippen LogP contribution < -0.4 is 10.9 Å². The van der Waals surface area contributed by atoms with Gasteiger partial charge in [0.1, 0.15) is 11.9 Å². The van der Waals surface area contributed by atoms with Crippen LogP contribution in [-0.4, -0.2) is 88.8 Å². The number of fused-ring (bicyclic) bond motifs is 4. The molecule has 4 fully saturated rings. The lowest BCUT2D eigenvalue weighted by atomic mass is 9.72. The number of likely N-dealkylation sites (tertiary alicyclic amines) is 1. The summed E-state index contributed by atoms with van der Waals surface area (Å²) in [4.78, 5) is 46.1. The second-order valence-corrected chi connectivity index (χ2v) is 13.8. The summed E-state index contributed by atoms with van der Waals surface area (Å²) in [5, 5.41) is 24.8. The number of nitrogens with one attached hydrogen (secondary N) is 2. The van der Waals surface area contributed by atoms with Gasteiger partial charge in [-0.1, -0.05) is 48.5 Å². The van der Waals surface area contributed by atoms with Crippen LogP contribution in [0.1, 0.15) is 58.8 Å². The van der Waals surface area contributed by atoms with E-state index in [2.05, 4.69) is 15.2 Å². The number of amides is 1. The Morgan fingerprint density at radius 1 is 0.939 bits per heavy atom. The van der Waals surface area contributed by atoms with Gasteiger partial charge in [-0.05, 0) is 98.6 Å². The van der Waals surface area contributed by atoms with Crippen molar-refractivity contribution in [1.29, 1.82) is 0 Å². The van der Waals surface area contributed by atoms with Crippen LogP contribution in [0.5, 0.6) is 5.75 Å². The van der Waals surface area contributed by atoms with Gasteiger partial charge in [-0.3, -0.25) is 19.3 Å². The second kappa shape index (κ2) is 14.2. The number of H-pyrrole nitrogens is 1. The average Bonchev–Trinajstić information content (AvgIpc) is 3.14. The molecule has 256 valence electrons. The minimum absolute atomic E-state index is 0.0392. The van der Waals surface area contributed by atoms with Crippen LogP contribution in [0.4, 0.5) is 0 Å². The summed E-state index contributed by atoms with van der Waals surface area (Å²) >= 11 is 0. The number of aliphatic hydroxyl groups is 1. The van der Waals surface area contributed by atoms with Crippen molar-refractivity contribution in [2.45, 2.75) is 49.7 Å². The van der Waals surface area contributed by atoms with Gasteiger partial charge in [0.15, 0.2) is 0 Å². The number of rotatable bonds is 10. The normalized spacial score (nSPS) is 22.1. The van der Waals surface area contributed by atoms with E-state index in [4.69, 9.17) is 4.74 Å². The smallest absolute Gasteiger partial charge is 0.317 e. The van der Waals surface area contributed by atoms with E-state index >= 15 is 0 Å². The first-order valence-electron chi connectivity index (χ1n) is 17.4. The highest BCUT2D eigenvalue weighted by Gasteiger charge is 2.47. The maximum absolute atomic E-state index is 14.0. The third kappa shape index (κ3) is 6.86. The number of ether oxygens (including phenoxy) is 1. The molecule has 0 saturated carbocycles. The molecule has 4 aliphatic rings. The minimum atomic E-state index is -0.832. The molecule has 4 N–H and O–H groups in total. The maximum atomic E-state index is 14.0. The maximum Gasteiger partial charge on any atom is 0.317 e. The van der Waals surface area contributed by atoms with Gasteiger partial charge >= 0.3 is 5.97 Å². The van der Waals surface area contributed by atoms with Crippen LogP contribution >= 0.6 is 0 Å². The lowest BCUT2D eigenvalue weighted by Crippen LogP contribution is -2.55. The molecule has 4 saturated heterocycles. The summed E-state index contributed by atoms with van der Waals surface area (Å²) in [6.07, 6.45) is 3.03. The number of aromatic nitrogens is 1. The molecule has 0 spiro atoms. The molecule has 2 atom stereocenters. The van der Waals surface area contributed by atoms with Gasteiger partial charge in [-0.25, -0.2) is 0 Å². The van der Waals surface area contributed by atoms with E-state index in [0.717, 1.165) is 43.6 Å². The number of carbonyl (C=O) groups excluding carboxylic acids is 2. The molecule has 10 nitrogen and oxygen atoms in total. The van der Waals surface area contributed by atoms with Crippen molar-refractivity contribution in [2.24, 2.45) is 5.92 Å². The van der Waals surface area contributed by atoms with Crippen molar-refractivity contribution >= 4 is 22.8 Å². The van der Waals surface area contributed by atoms with Gasteiger partial charge in [0.2, 0.25) is 5.56 Å². The number of aliphatic hydroxyl groups excluding tert-OH is 1. The van der Waals surface area contributed by atoms with Gasteiger partial charge in [0.25, 0.3) is 5.91 Å². The molecule has 4 aliphatic heterocycles. The third-order valence-corrected chi connectivity index (χ3v) is 10.9. The van der Waals surface area contributed by atoms with Crippen LogP contribution in [0, 0.1) is 5.92 Å². The molecular weight excluding hydrogens is 620 g/mol. The number of aromatic hydroxyl groups is 1. The van der Waals surface area contributed by atoms with Gasteiger partial charge in [-0.2, -0.15) is 0 Å². The molecule has 4 aromatic rings. The number of pyridine rings is 1. The summed E-state index contributed by atoms with van der Waals surface area (Å²) < 4.78 is 6.29. The Morgan fingerprint density at radius 2 is 1.67 bits per heavy atom. The number of nitrogens with zero attached hydrogens (tertiary/aromatic N) is 2. The number of phenols is 1. The van der Waals surface area contributed by atoms with Crippen LogP contribution in [0.3, 0.4) is 0 Å². The van der Waals surface area contributed by atoms with Crippen molar-refractivity contribution in [3.8, 4) is 5.75 Å². The lowest BCUT2D eigenvalue weighted by Gasteiger charge is -2.46. The zero-order chi connectivity index (χ0) is 34.0. The monoisotopic (exact) mass is 664 g/mol. The van der Waals surface area contributed by atoms with Crippen LogP contribution in [0.2, 0.25) is 0 Å². The highest BCUT2D eigenvalue weighted by atomic mass is 16.5. The Balaban J connectivity index is 0.928. The average molecular weight is 665 g/mol. The lowest BCUT2D eigenvalue weighted by molar-refractivity contribution is -0.167. The van der Waals surface area contributed by atoms with E-state index in [9.17, 15) is 24.6 Å². The molecule has 2 bridgehead atoms. The highest BCUT2D eigenvalue weighted by Crippen LogP contribution is 2.39. The first kappa shape index (κ1) is 33.0. The predicted molar refractivity (Wildman–Crippen MR) is 187 cm³/mol.